The number of aliphatic hydroxyl groups excluding tert-OH is 1. The van der Waals surface area contributed by atoms with Crippen molar-refractivity contribution in [2.45, 2.75) is 38.7 Å². The maximum atomic E-state index is 8.70. The number of rotatable bonds is 5. The van der Waals surface area contributed by atoms with Gasteiger partial charge in [0.1, 0.15) is 5.75 Å². The van der Waals surface area contributed by atoms with E-state index in [0.717, 1.165) is 36.3 Å². The summed E-state index contributed by atoms with van der Waals surface area (Å²) >= 11 is 0. The van der Waals surface area contributed by atoms with Gasteiger partial charge in [0, 0.05) is 25.0 Å². The van der Waals surface area contributed by atoms with Crippen LogP contribution in [-0.4, -0.2) is 31.0 Å². The van der Waals surface area contributed by atoms with E-state index in [0.29, 0.717) is 19.1 Å². The fourth-order valence-corrected chi connectivity index (χ4v) is 2.28. The quantitative estimate of drug-likeness (QED) is 0.839. The van der Waals surface area contributed by atoms with Gasteiger partial charge in [0.25, 0.3) is 0 Å². The number of aliphatic hydroxyl groups is 1. The fourth-order valence-electron chi connectivity index (χ4n) is 2.28. The van der Waals surface area contributed by atoms with Crippen LogP contribution in [0.5, 0.6) is 5.75 Å². The van der Waals surface area contributed by atoms with Crippen molar-refractivity contribution in [1.82, 2.24) is 0 Å². The number of ether oxygens (including phenoxy) is 2. The van der Waals surface area contributed by atoms with Crippen molar-refractivity contribution in [2.75, 3.05) is 19.8 Å². The minimum Gasteiger partial charge on any atom is -0.493 e. The van der Waals surface area contributed by atoms with E-state index in [9.17, 15) is 0 Å². The third-order valence-electron chi connectivity index (χ3n) is 3.37. The van der Waals surface area contributed by atoms with Crippen LogP contribution in [0.2, 0.25) is 0 Å². The lowest BCUT2D eigenvalue weighted by Gasteiger charge is -2.12. The van der Waals surface area contributed by atoms with Gasteiger partial charge in [-0.3, -0.25) is 0 Å². The molecule has 0 saturated carbocycles. The van der Waals surface area contributed by atoms with E-state index >= 15 is 0 Å². The molecule has 1 heterocycles. The molecule has 1 aromatic rings. The lowest BCUT2D eigenvalue weighted by molar-refractivity contribution is 0.0902. The van der Waals surface area contributed by atoms with Gasteiger partial charge in [0.2, 0.25) is 0 Å². The predicted octanol–water partition coefficient (Wildman–Crippen LogP) is 2.68. The van der Waals surface area contributed by atoms with Gasteiger partial charge in [-0.2, -0.15) is 0 Å². The molecule has 1 N–H and O–H groups in total. The minimum atomic E-state index is 0.108. The summed E-state index contributed by atoms with van der Waals surface area (Å²) in [7, 11) is 0. The monoisotopic (exact) mass is 274 g/mol. The minimum absolute atomic E-state index is 0.108. The molecule has 1 aliphatic heterocycles. The molecule has 108 valence electrons. The predicted molar refractivity (Wildman–Crippen MR) is 78.8 cm³/mol. The van der Waals surface area contributed by atoms with Gasteiger partial charge >= 0.3 is 0 Å². The molecule has 0 spiro atoms. The number of aryl methyl sites for hydroxylation is 1. The molecule has 0 amide bonds. The van der Waals surface area contributed by atoms with Crippen molar-refractivity contribution in [1.29, 1.82) is 0 Å². The third kappa shape index (κ3) is 4.56. The SMILES string of the molecule is Cc1cc(C#CCCO)ccc1OCCC1CCCO1. The van der Waals surface area contributed by atoms with Crippen LogP contribution >= 0.6 is 0 Å². The van der Waals surface area contributed by atoms with Crippen molar-refractivity contribution in [3.63, 3.8) is 0 Å². The zero-order valence-corrected chi connectivity index (χ0v) is 12.0. The first-order chi connectivity index (χ1) is 9.79. The first kappa shape index (κ1) is 14.9. The van der Waals surface area contributed by atoms with Gasteiger partial charge in [-0.05, 0) is 43.5 Å². The first-order valence-electron chi connectivity index (χ1n) is 7.24. The van der Waals surface area contributed by atoms with Gasteiger partial charge in [0.05, 0.1) is 19.3 Å². The summed E-state index contributed by atoms with van der Waals surface area (Å²) in [4.78, 5) is 0. The Morgan fingerprint density at radius 1 is 1.45 bits per heavy atom. The van der Waals surface area contributed by atoms with Crippen molar-refractivity contribution in [3.05, 3.63) is 29.3 Å². The second kappa shape index (κ2) is 7.94. The molecule has 1 aliphatic rings. The van der Waals surface area contributed by atoms with Crippen molar-refractivity contribution < 1.29 is 14.6 Å². The van der Waals surface area contributed by atoms with E-state index in [1.165, 1.54) is 6.42 Å². The summed E-state index contributed by atoms with van der Waals surface area (Å²) in [5.41, 5.74) is 2.05. The summed E-state index contributed by atoms with van der Waals surface area (Å²) in [6.45, 7) is 3.72. The lowest BCUT2D eigenvalue weighted by Crippen LogP contribution is -2.11. The van der Waals surface area contributed by atoms with Crippen LogP contribution in [0.25, 0.3) is 0 Å². The Bertz CT molecular complexity index is 479. The number of hydrogen-bond acceptors (Lipinski definition) is 3. The second-order valence-electron chi connectivity index (χ2n) is 5.03. The number of hydrogen-bond donors (Lipinski definition) is 1. The molecule has 0 aromatic heterocycles. The van der Waals surface area contributed by atoms with Crippen LogP contribution in [0.1, 0.15) is 36.8 Å². The molecular formula is C17H22O3. The van der Waals surface area contributed by atoms with Crippen molar-refractivity contribution >= 4 is 0 Å². The Balaban J connectivity index is 1.84. The standard InChI is InChI=1S/C17H22O3/c1-14-13-15(5-2-3-10-18)7-8-17(14)20-12-9-16-6-4-11-19-16/h7-8,13,16,18H,3-4,6,9-12H2,1H3. The largest absolute Gasteiger partial charge is 0.493 e. The molecule has 20 heavy (non-hydrogen) atoms. The maximum absolute atomic E-state index is 8.70. The molecule has 1 atom stereocenters. The van der Waals surface area contributed by atoms with E-state index in [1.807, 2.05) is 25.1 Å². The second-order valence-corrected chi connectivity index (χ2v) is 5.03. The fraction of sp³-hybridized carbons (Fsp3) is 0.529. The van der Waals surface area contributed by atoms with Crippen LogP contribution in [0.15, 0.2) is 18.2 Å². The van der Waals surface area contributed by atoms with Gasteiger partial charge < -0.3 is 14.6 Å². The molecule has 3 heteroatoms. The summed E-state index contributed by atoms with van der Waals surface area (Å²) in [5.74, 6) is 6.86. The topological polar surface area (TPSA) is 38.7 Å². The molecule has 0 radical (unpaired) electrons. The Labute approximate surface area is 120 Å². The number of benzene rings is 1. The van der Waals surface area contributed by atoms with Gasteiger partial charge in [-0.25, -0.2) is 0 Å². The van der Waals surface area contributed by atoms with E-state index in [1.54, 1.807) is 0 Å². The lowest BCUT2D eigenvalue weighted by atomic mass is 10.1. The molecular weight excluding hydrogens is 252 g/mol. The van der Waals surface area contributed by atoms with Crippen molar-refractivity contribution in [2.24, 2.45) is 0 Å². The Hall–Kier alpha value is -1.50. The summed E-state index contributed by atoms with van der Waals surface area (Å²) in [6, 6.07) is 5.94. The van der Waals surface area contributed by atoms with E-state index in [4.69, 9.17) is 14.6 Å². The molecule has 1 saturated heterocycles. The maximum Gasteiger partial charge on any atom is 0.122 e. The van der Waals surface area contributed by atoms with E-state index in [2.05, 4.69) is 11.8 Å². The van der Waals surface area contributed by atoms with E-state index < -0.39 is 0 Å². The average Bonchev–Trinajstić information content (AvgIpc) is 2.95. The highest BCUT2D eigenvalue weighted by Crippen LogP contribution is 2.20. The Morgan fingerprint density at radius 3 is 3.05 bits per heavy atom. The summed E-state index contributed by atoms with van der Waals surface area (Å²) in [5, 5.41) is 8.70. The van der Waals surface area contributed by atoms with Crippen LogP contribution in [0.4, 0.5) is 0 Å². The van der Waals surface area contributed by atoms with Gasteiger partial charge in [-0.15, -0.1) is 0 Å². The molecule has 2 rings (SSSR count). The highest BCUT2D eigenvalue weighted by atomic mass is 16.5. The highest BCUT2D eigenvalue weighted by molar-refractivity contribution is 5.43. The molecule has 1 aromatic carbocycles. The summed E-state index contributed by atoms with van der Waals surface area (Å²) in [6.07, 6.45) is 4.17. The van der Waals surface area contributed by atoms with Crippen molar-refractivity contribution in [3.8, 4) is 17.6 Å². The van der Waals surface area contributed by atoms with Crippen LogP contribution in [0, 0.1) is 18.8 Å². The highest BCUT2D eigenvalue weighted by Gasteiger charge is 2.15. The smallest absolute Gasteiger partial charge is 0.122 e. The van der Waals surface area contributed by atoms with Crippen LogP contribution in [0.3, 0.4) is 0 Å². The van der Waals surface area contributed by atoms with E-state index in [-0.39, 0.29) is 6.61 Å². The van der Waals surface area contributed by atoms with Crippen LogP contribution in [-0.2, 0) is 4.74 Å². The molecule has 1 unspecified atom stereocenters. The molecule has 0 aliphatic carbocycles. The Kier molecular flexibility index (Phi) is 5.91. The molecule has 1 fully saturated rings. The molecule has 3 nitrogen and oxygen atoms in total. The first-order valence-corrected chi connectivity index (χ1v) is 7.24. The third-order valence-corrected chi connectivity index (χ3v) is 3.37. The zero-order valence-electron chi connectivity index (χ0n) is 12.0. The zero-order chi connectivity index (χ0) is 14.2. The van der Waals surface area contributed by atoms with Gasteiger partial charge in [0.15, 0.2) is 0 Å². The molecule has 0 bridgehead atoms. The average molecular weight is 274 g/mol. The normalized spacial score (nSPS) is 17.6. The van der Waals surface area contributed by atoms with Gasteiger partial charge in [-0.1, -0.05) is 11.8 Å². The Morgan fingerprint density at radius 2 is 2.35 bits per heavy atom. The summed E-state index contributed by atoms with van der Waals surface area (Å²) < 4.78 is 11.4. The van der Waals surface area contributed by atoms with Crippen LogP contribution < -0.4 is 4.74 Å².